The lowest BCUT2D eigenvalue weighted by Crippen LogP contribution is -2.40. The van der Waals surface area contributed by atoms with Crippen LogP contribution in [0.25, 0.3) is 44.1 Å². The summed E-state index contributed by atoms with van der Waals surface area (Å²) in [7, 11) is 1.51. The molecule has 0 unspecified atom stereocenters. The van der Waals surface area contributed by atoms with E-state index in [9.17, 15) is 0 Å². The smallest absolute Gasteiger partial charge is 0.231 e. The molecule has 4 aromatic carbocycles. The van der Waals surface area contributed by atoms with Crippen LogP contribution >= 0.6 is 0 Å². The molecule has 0 saturated carbocycles. The molecule has 15 nitrogen and oxygen atoms in total. The van der Waals surface area contributed by atoms with E-state index in [4.69, 9.17) is 55.4 Å². The summed E-state index contributed by atoms with van der Waals surface area (Å²) in [6.07, 6.45) is 6.22. The summed E-state index contributed by atoms with van der Waals surface area (Å²) in [5, 5.41) is 4.34. The molecule has 0 spiro atoms. The molecule has 10 rings (SSSR count). The van der Waals surface area contributed by atoms with Gasteiger partial charge in [-0.05, 0) is 70.4 Å². The largest absolute Gasteiger partial charge is 0.759 e. The van der Waals surface area contributed by atoms with E-state index < -0.39 is 10.4 Å². The van der Waals surface area contributed by atoms with Crippen molar-refractivity contribution in [1.29, 1.82) is 0 Å². The number of aryl methyl sites for hydroxylation is 4. The van der Waals surface area contributed by atoms with E-state index in [1.807, 2.05) is 12.1 Å². The summed E-state index contributed by atoms with van der Waals surface area (Å²) in [5.41, 5.74) is 7.35. The summed E-state index contributed by atoms with van der Waals surface area (Å²) in [4.78, 5) is 0. The third-order valence-corrected chi connectivity index (χ3v) is 10.0. The van der Waals surface area contributed by atoms with E-state index in [1.165, 1.54) is 33.6 Å². The average Bonchev–Trinajstić information content (AvgIpc) is 3.85. The van der Waals surface area contributed by atoms with Gasteiger partial charge in [-0.15, -0.1) is 0 Å². The molecule has 2 N–H and O–H groups in total. The minimum atomic E-state index is -5.17. The maximum atomic E-state index is 8.52. The summed E-state index contributed by atoms with van der Waals surface area (Å²) in [5.74, 6) is 6.36. The van der Waals surface area contributed by atoms with Gasteiger partial charge in [0.05, 0.1) is 50.3 Å². The first-order valence-electron chi connectivity index (χ1n) is 17.3. The number of pyridine rings is 2. The van der Waals surface area contributed by atoms with Crippen molar-refractivity contribution < 1.29 is 70.0 Å². The van der Waals surface area contributed by atoms with Crippen LogP contribution in [-0.4, -0.2) is 65.0 Å². The molecule has 16 heteroatoms. The van der Waals surface area contributed by atoms with Crippen LogP contribution in [0.1, 0.15) is 11.1 Å². The number of nitrogens with zero attached hydrogens (tertiary/aromatic N) is 2. The zero-order valence-corrected chi connectivity index (χ0v) is 31.7. The van der Waals surface area contributed by atoms with Gasteiger partial charge < -0.3 is 52.5 Å². The van der Waals surface area contributed by atoms with Gasteiger partial charge in [-0.25, -0.2) is 0 Å². The van der Waals surface area contributed by atoms with Crippen LogP contribution in [0, 0.1) is 0 Å². The van der Waals surface area contributed by atoms with Crippen molar-refractivity contribution in [3.8, 4) is 68.5 Å². The lowest BCUT2D eigenvalue weighted by Gasteiger charge is -2.17. The fourth-order valence-electron chi connectivity index (χ4n) is 7.54. The molecule has 292 valence electrons. The van der Waals surface area contributed by atoms with Crippen molar-refractivity contribution in [2.24, 2.45) is 0 Å². The molecule has 4 aliphatic heterocycles. The van der Waals surface area contributed by atoms with Gasteiger partial charge in [0, 0.05) is 35.4 Å². The fraction of sp³-hybridized carbons (Fsp3) is 0.250. The van der Waals surface area contributed by atoms with Crippen LogP contribution in [0.5, 0.6) is 46.0 Å². The van der Waals surface area contributed by atoms with Crippen molar-refractivity contribution in [3.63, 3.8) is 0 Å². The highest BCUT2D eigenvalue weighted by Crippen LogP contribution is 2.43. The number of rotatable bonds is 4. The predicted molar refractivity (Wildman–Crippen MR) is 199 cm³/mol. The van der Waals surface area contributed by atoms with Crippen LogP contribution in [0.2, 0.25) is 0 Å². The maximum absolute atomic E-state index is 8.52. The van der Waals surface area contributed by atoms with E-state index in [0.29, 0.717) is 13.6 Å². The molecule has 0 atom stereocenters. The van der Waals surface area contributed by atoms with Crippen LogP contribution < -0.4 is 47.0 Å². The molecule has 0 amide bonds. The van der Waals surface area contributed by atoms with Gasteiger partial charge in [0.15, 0.2) is 71.5 Å². The van der Waals surface area contributed by atoms with Gasteiger partial charge in [0.1, 0.15) is 0 Å². The van der Waals surface area contributed by atoms with Crippen LogP contribution in [-0.2, 0) is 36.3 Å². The topological polar surface area (TPSA) is 193 Å². The quantitative estimate of drug-likeness (QED) is 0.142. The number of methoxy groups -OCH3 is 4. The number of hydrogen-bond acceptors (Lipinski definition) is 12. The molecule has 0 aliphatic carbocycles. The first-order chi connectivity index (χ1) is 26.6. The standard InChI is InChI=1S/2C20H18NO4.H2O4S.H2O/c2*1-22-17-4-3-12-7-16-14-9-19-18(24-11-25-19)8-13(14)5-6-21(16)10-15(12)20(17)23-2;1-5(2,3)4;/h2*3-4,7-10H,5-6,11H2,1-2H3;(H2,1,2,3,4);1H2/q2*+1;;/p-2. The Morgan fingerprint density at radius 1 is 0.571 bits per heavy atom. The summed E-state index contributed by atoms with van der Waals surface area (Å²) in [6, 6.07) is 20.8. The minimum absolute atomic E-state index is 0. The second kappa shape index (κ2) is 15.2. The van der Waals surface area contributed by atoms with Gasteiger partial charge in [0.2, 0.25) is 25.0 Å². The number of fused-ring (bicyclic) bond motifs is 10. The van der Waals surface area contributed by atoms with E-state index in [-0.39, 0.29) is 5.48 Å². The first kappa shape index (κ1) is 38.2. The van der Waals surface area contributed by atoms with Gasteiger partial charge in [-0.2, -0.15) is 9.13 Å². The predicted octanol–water partition coefficient (Wildman–Crippen LogP) is 4.03. The molecule has 0 bridgehead atoms. The number of benzene rings is 4. The number of hydrogen-bond donors (Lipinski definition) is 0. The Kier molecular flexibility index (Phi) is 10.4. The second-order valence-electron chi connectivity index (χ2n) is 12.9. The van der Waals surface area contributed by atoms with Crippen molar-refractivity contribution in [2.45, 2.75) is 25.9 Å². The van der Waals surface area contributed by atoms with Gasteiger partial charge in [-0.1, -0.05) is 0 Å². The minimum Gasteiger partial charge on any atom is -0.759 e. The Morgan fingerprint density at radius 2 is 0.946 bits per heavy atom. The molecule has 2 aromatic heterocycles. The average molecular weight is 787 g/mol. The first-order valence-corrected chi connectivity index (χ1v) is 18.6. The SMILES string of the molecule is COc1ccc2cc3[n+](cc2c1OC)CCc1cc2c(cc1-3)OCO2.COc1ccc2cc3[n+](cc2c1OC)CCc1cc2c(cc1-3)OCO2.O.O=S(=O)([O-])[O-]. The zero-order valence-electron chi connectivity index (χ0n) is 30.9. The Balaban J connectivity index is 0.000000151. The van der Waals surface area contributed by atoms with Gasteiger partial charge in [0.25, 0.3) is 0 Å². The van der Waals surface area contributed by atoms with Crippen molar-refractivity contribution in [2.75, 3.05) is 42.0 Å². The van der Waals surface area contributed by atoms with E-state index in [2.05, 4.69) is 70.1 Å². The molecule has 6 aromatic rings. The van der Waals surface area contributed by atoms with Crippen LogP contribution in [0.15, 0.2) is 73.1 Å². The normalized spacial score (nSPS) is 13.7. The molecule has 4 aliphatic rings. The number of ether oxygens (including phenoxy) is 8. The summed E-state index contributed by atoms with van der Waals surface area (Å²) < 4.78 is 82.9. The fourth-order valence-corrected chi connectivity index (χ4v) is 7.54. The highest BCUT2D eigenvalue weighted by Gasteiger charge is 2.30. The van der Waals surface area contributed by atoms with Crippen molar-refractivity contribution in [3.05, 3.63) is 84.2 Å². The molecular weight excluding hydrogens is 749 g/mol. The van der Waals surface area contributed by atoms with Crippen LogP contribution in [0.4, 0.5) is 0 Å². The number of aromatic nitrogens is 2. The molecule has 6 heterocycles. The molecular formula is C40H38N2O13S. The third-order valence-electron chi connectivity index (χ3n) is 10.0. The Morgan fingerprint density at radius 3 is 1.30 bits per heavy atom. The van der Waals surface area contributed by atoms with E-state index in [0.717, 1.165) is 93.5 Å². The van der Waals surface area contributed by atoms with E-state index >= 15 is 0 Å². The molecule has 56 heavy (non-hydrogen) atoms. The summed E-state index contributed by atoms with van der Waals surface area (Å²) in [6.45, 7) is 2.43. The van der Waals surface area contributed by atoms with Gasteiger partial charge >= 0.3 is 0 Å². The summed E-state index contributed by atoms with van der Waals surface area (Å²) >= 11 is 0. The third kappa shape index (κ3) is 7.10. The lowest BCUT2D eigenvalue weighted by molar-refractivity contribution is -0.686. The Hall–Kier alpha value is -6.07. The van der Waals surface area contributed by atoms with Crippen LogP contribution in [0.3, 0.4) is 0 Å². The maximum Gasteiger partial charge on any atom is 0.231 e. The molecule has 0 radical (unpaired) electrons. The van der Waals surface area contributed by atoms with Crippen molar-refractivity contribution in [1.82, 2.24) is 0 Å². The Bertz CT molecular complexity index is 2440. The van der Waals surface area contributed by atoms with Crippen molar-refractivity contribution >= 4 is 31.9 Å². The van der Waals surface area contributed by atoms with E-state index in [1.54, 1.807) is 28.4 Å². The molecule has 0 saturated heterocycles. The Labute approximate surface area is 321 Å². The molecule has 0 fully saturated rings. The monoisotopic (exact) mass is 786 g/mol. The highest BCUT2D eigenvalue weighted by molar-refractivity contribution is 7.79. The highest BCUT2D eigenvalue weighted by atomic mass is 32.3. The second-order valence-corrected chi connectivity index (χ2v) is 13.8. The zero-order chi connectivity index (χ0) is 38.4. The van der Waals surface area contributed by atoms with Gasteiger partial charge in [-0.3, -0.25) is 8.42 Å². The lowest BCUT2D eigenvalue weighted by atomic mass is 9.95.